The van der Waals surface area contributed by atoms with Crippen LogP contribution in [0.4, 0.5) is 5.69 Å². The molecule has 0 spiro atoms. The molecule has 4 rings (SSSR count). The average molecular weight is 313 g/mol. The minimum absolute atomic E-state index is 0.245. The van der Waals surface area contributed by atoms with Gasteiger partial charge in [-0.05, 0) is 44.0 Å². The van der Waals surface area contributed by atoms with E-state index >= 15 is 0 Å². The highest BCUT2D eigenvalue weighted by Gasteiger charge is 2.72. The summed E-state index contributed by atoms with van der Waals surface area (Å²) in [6, 6.07) is 5.56. The van der Waals surface area contributed by atoms with Gasteiger partial charge in [0.05, 0.1) is 29.7 Å². The summed E-state index contributed by atoms with van der Waals surface area (Å²) in [6.45, 7) is 5.44. The number of amides is 2. The number of carbonyl (C=O) groups is 2. The zero-order valence-corrected chi connectivity index (χ0v) is 13.4. The molecule has 5 nitrogen and oxygen atoms in total. The molecule has 1 aromatic carbocycles. The van der Waals surface area contributed by atoms with Crippen LogP contribution < -0.4 is 4.90 Å². The van der Waals surface area contributed by atoms with E-state index in [4.69, 9.17) is 4.74 Å². The maximum atomic E-state index is 13.0. The van der Waals surface area contributed by atoms with Gasteiger partial charge in [-0.2, -0.15) is 0 Å². The van der Waals surface area contributed by atoms with Gasteiger partial charge in [0.1, 0.15) is 5.60 Å². The first-order valence-electron chi connectivity index (χ1n) is 7.79. The maximum Gasteiger partial charge on any atom is 0.241 e. The van der Waals surface area contributed by atoms with Gasteiger partial charge in [0, 0.05) is 0 Å². The smallest absolute Gasteiger partial charge is 0.241 e. The molecule has 2 fully saturated rings. The van der Waals surface area contributed by atoms with Gasteiger partial charge in [-0.15, -0.1) is 0 Å². The molecule has 2 bridgehead atoms. The van der Waals surface area contributed by atoms with Crippen LogP contribution in [0.5, 0.6) is 0 Å². The van der Waals surface area contributed by atoms with E-state index in [1.165, 1.54) is 4.90 Å². The lowest BCUT2D eigenvalue weighted by Crippen LogP contribution is -2.43. The largest absolute Gasteiger partial charge is 0.393 e. The van der Waals surface area contributed by atoms with Gasteiger partial charge in [-0.25, -0.2) is 4.90 Å². The van der Waals surface area contributed by atoms with E-state index in [2.05, 4.69) is 0 Å². The monoisotopic (exact) mass is 313 g/mol. The third-order valence-corrected chi connectivity index (χ3v) is 5.55. The van der Waals surface area contributed by atoms with Gasteiger partial charge >= 0.3 is 0 Å². The molecule has 0 radical (unpaired) electrons. The highest BCUT2D eigenvalue weighted by Crippen LogP contribution is 2.57. The SMILES string of the molecule is Cc1ccc(N2C(=O)[C@@H]3[C@@H](C2=O)[C@]2(C)C=C[C@]3(CO)O2)cc1C. The molecule has 1 N–H and O–H groups in total. The minimum Gasteiger partial charge on any atom is -0.393 e. The second kappa shape index (κ2) is 4.30. The standard InChI is InChI=1S/C18H19NO4/c1-10-4-5-12(8-11(10)2)19-15(21)13-14(16(19)22)18(9-20)7-6-17(13,3)23-18/h4-8,13-14,20H,9H2,1-3H3/t13-,14-,17-,18+/m0/s1. The highest BCUT2D eigenvalue weighted by atomic mass is 16.5. The van der Waals surface area contributed by atoms with Crippen LogP contribution in [-0.4, -0.2) is 34.7 Å². The topological polar surface area (TPSA) is 66.8 Å². The molecule has 0 saturated carbocycles. The molecule has 23 heavy (non-hydrogen) atoms. The van der Waals surface area contributed by atoms with Crippen LogP contribution in [0.2, 0.25) is 0 Å². The van der Waals surface area contributed by atoms with Crippen molar-refractivity contribution < 1.29 is 19.4 Å². The third-order valence-electron chi connectivity index (χ3n) is 5.55. The Balaban J connectivity index is 1.81. The molecule has 4 atom stereocenters. The first-order chi connectivity index (χ1) is 10.8. The lowest BCUT2D eigenvalue weighted by molar-refractivity contribution is -0.131. The van der Waals surface area contributed by atoms with Crippen LogP contribution in [0.3, 0.4) is 0 Å². The second-order valence-electron chi connectivity index (χ2n) is 6.97. The van der Waals surface area contributed by atoms with Gasteiger partial charge < -0.3 is 9.84 Å². The van der Waals surface area contributed by atoms with Crippen LogP contribution in [0.15, 0.2) is 30.4 Å². The number of hydrogen-bond acceptors (Lipinski definition) is 4. The lowest BCUT2D eigenvalue weighted by atomic mass is 9.73. The Hall–Kier alpha value is -1.98. The summed E-state index contributed by atoms with van der Waals surface area (Å²) in [7, 11) is 0. The van der Waals surface area contributed by atoms with E-state index in [0.29, 0.717) is 5.69 Å². The minimum atomic E-state index is -1.07. The number of imide groups is 1. The van der Waals surface area contributed by atoms with Gasteiger partial charge in [-0.3, -0.25) is 9.59 Å². The molecule has 1 aromatic rings. The van der Waals surface area contributed by atoms with Gasteiger partial charge in [0.15, 0.2) is 0 Å². The quantitative estimate of drug-likeness (QED) is 0.664. The van der Waals surface area contributed by atoms with Crippen molar-refractivity contribution >= 4 is 17.5 Å². The zero-order chi connectivity index (χ0) is 16.6. The van der Waals surface area contributed by atoms with Crippen molar-refractivity contribution in [3.63, 3.8) is 0 Å². The molecule has 2 amide bonds. The number of aryl methyl sites for hydroxylation is 2. The van der Waals surface area contributed by atoms with Crippen molar-refractivity contribution in [3.8, 4) is 0 Å². The Bertz CT molecular complexity index is 770. The van der Waals surface area contributed by atoms with Crippen molar-refractivity contribution in [3.05, 3.63) is 41.5 Å². The fraction of sp³-hybridized carbons (Fsp3) is 0.444. The highest BCUT2D eigenvalue weighted by molar-refractivity contribution is 6.23. The molecule has 3 heterocycles. The number of fused-ring (bicyclic) bond motifs is 5. The first kappa shape index (κ1) is 14.6. The molecule has 0 aromatic heterocycles. The maximum absolute atomic E-state index is 13.0. The van der Waals surface area contributed by atoms with E-state index in [9.17, 15) is 14.7 Å². The summed E-state index contributed by atoms with van der Waals surface area (Å²) < 4.78 is 5.90. The third kappa shape index (κ3) is 1.64. The summed E-state index contributed by atoms with van der Waals surface area (Å²) in [4.78, 5) is 27.2. The number of benzene rings is 1. The summed E-state index contributed by atoms with van der Waals surface area (Å²) in [5, 5.41) is 9.79. The Morgan fingerprint density at radius 3 is 2.48 bits per heavy atom. The van der Waals surface area contributed by atoms with Crippen molar-refractivity contribution in [2.45, 2.75) is 32.0 Å². The summed E-state index contributed by atoms with van der Waals surface area (Å²) in [5.41, 5.74) is 0.834. The normalized spacial score (nSPS) is 37.8. The van der Waals surface area contributed by atoms with E-state index in [1.54, 1.807) is 25.1 Å². The van der Waals surface area contributed by atoms with E-state index < -0.39 is 23.0 Å². The van der Waals surface area contributed by atoms with Crippen LogP contribution in [0, 0.1) is 25.7 Å². The first-order valence-corrected chi connectivity index (χ1v) is 7.79. The number of anilines is 1. The summed E-state index contributed by atoms with van der Waals surface area (Å²) >= 11 is 0. The van der Waals surface area contributed by atoms with Gasteiger partial charge in [0.2, 0.25) is 11.8 Å². The molecule has 0 aliphatic carbocycles. The number of rotatable bonds is 2. The molecular weight excluding hydrogens is 294 g/mol. The Morgan fingerprint density at radius 2 is 1.83 bits per heavy atom. The predicted molar refractivity (Wildman–Crippen MR) is 83.8 cm³/mol. The molecule has 3 aliphatic rings. The van der Waals surface area contributed by atoms with Crippen molar-refractivity contribution in [2.24, 2.45) is 11.8 Å². The number of aliphatic hydroxyl groups is 1. The zero-order valence-electron chi connectivity index (χ0n) is 13.4. The summed E-state index contributed by atoms with van der Waals surface area (Å²) in [6.07, 6.45) is 3.54. The molecule has 0 unspecified atom stereocenters. The summed E-state index contributed by atoms with van der Waals surface area (Å²) in [5.74, 6) is -1.76. The fourth-order valence-corrected chi connectivity index (χ4v) is 4.16. The Kier molecular flexibility index (Phi) is 2.73. The van der Waals surface area contributed by atoms with Gasteiger partial charge in [0.25, 0.3) is 0 Å². The number of nitrogens with zero attached hydrogens (tertiary/aromatic N) is 1. The molecule has 2 saturated heterocycles. The number of carbonyl (C=O) groups excluding carboxylic acids is 2. The van der Waals surface area contributed by atoms with E-state index in [1.807, 2.05) is 26.0 Å². The average Bonchev–Trinajstić information content (AvgIpc) is 3.09. The Labute approximate surface area is 134 Å². The van der Waals surface area contributed by atoms with Crippen LogP contribution in [0.25, 0.3) is 0 Å². The number of hydrogen-bond donors (Lipinski definition) is 1. The number of aliphatic hydroxyl groups excluding tert-OH is 1. The molecule has 120 valence electrons. The predicted octanol–water partition coefficient (Wildman–Crippen LogP) is 1.50. The number of ether oxygens (including phenoxy) is 1. The van der Waals surface area contributed by atoms with Crippen LogP contribution in [-0.2, 0) is 14.3 Å². The molecule has 3 aliphatic heterocycles. The van der Waals surface area contributed by atoms with Crippen molar-refractivity contribution in [2.75, 3.05) is 11.5 Å². The van der Waals surface area contributed by atoms with Crippen molar-refractivity contribution in [1.82, 2.24) is 0 Å². The van der Waals surface area contributed by atoms with Crippen LogP contribution in [0.1, 0.15) is 18.1 Å². The molecular formula is C18H19NO4. The van der Waals surface area contributed by atoms with Gasteiger partial charge in [-0.1, -0.05) is 18.2 Å². The van der Waals surface area contributed by atoms with Crippen molar-refractivity contribution in [1.29, 1.82) is 0 Å². The van der Waals surface area contributed by atoms with E-state index in [0.717, 1.165) is 11.1 Å². The second-order valence-corrected chi connectivity index (χ2v) is 6.97. The lowest BCUT2D eigenvalue weighted by Gasteiger charge is -2.27. The van der Waals surface area contributed by atoms with Crippen LogP contribution >= 0.6 is 0 Å². The Morgan fingerprint density at radius 1 is 1.13 bits per heavy atom. The molecule has 5 heteroatoms. The fourth-order valence-electron chi connectivity index (χ4n) is 4.16. The van der Waals surface area contributed by atoms with E-state index in [-0.39, 0.29) is 18.4 Å².